The summed E-state index contributed by atoms with van der Waals surface area (Å²) in [5.74, 6) is 0. The van der Waals surface area contributed by atoms with E-state index in [1.54, 1.807) is 0 Å². The summed E-state index contributed by atoms with van der Waals surface area (Å²) in [5.41, 5.74) is 4.16. The molecule has 0 aromatic carbocycles. The van der Waals surface area contributed by atoms with Gasteiger partial charge in [-0.05, 0) is 0 Å². The molecule has 0 N–H and O–H groups in total. The zero-order valence-corrected chi connectivity index (χ0v) is 23.6. The first-order valence-corrected chi connectivity index (χ1v) is 11.7. The second kappa shape index (κ2) is 10.9. The summed E-state index contributed by atoms with van der Waals surface area (Å²) in [6.45, 7) is 21.9. The van der Waals surface area contributed by atoms with Crippen molar-refractivity contribution in [2.24, 2.45) is 16.2 Å². The van der Waals surface area contributed by atoms with Crippen molar-refractivity contribution in [2.45, 2.75) is 93.6 Å². The number of allylic oxidation sites excluding steroid dienone is 5. The third-order valence-corrected chi connectivity index (χ3v) is 7.22. The second-order valence-corrected chi connectivity index (χ2v) is 12.0. The van der Waals surface area contributed by atoms with Crippen molar-refractivity contribution < 1.29 is 50.0 Å². The fourth-order valence-electron chi connectivity index (χ4n) is 4.65. The van der Waals surface area contributed by atoms with E-state index >= 15 is 0 Å². The average molecular weight is 488 g/mol. The van der Waals surface area contributed by atoms with Gasteiger partial charge >= 0.3 is 187 Å². The van der Waals surface area contributed by atoms with Crippen LogP contribution < -0.4 is 24.8 Å². The maximum absolute atomic E-state index is 6.96. The Balaban J connectivity index is 0.00000420. The number of rotatable bonds is 6. The minimum Gasteiger partial charge on any atom is -1.00 e. The van der Waals surface area contributed by atoms with Crippen molar-refractivity contribution in [3.05, 3.63) is 44.9 Å². The Kier molecular flexibility index (Phi) is 11.0. The van der Waals surface area contributed by atoms with Crippen LogP contribution in [0.3, 0.4) is 0 Å². The Bertz CT molecular complexity index is 714. The predicted molar refractivity (Wildman–Crippen MR) is 118 cm³/mol. The molecular formula is C26H41Cl2OTi. The molecule has 1 atom stereocenters. The Hall–Kier alpha value is 0.214. The third kappa shape index (κ3) is 5.96. The van der Waals surface area contributed by atoms with E-state index in [9.17, 15) is 0 Å². The number of unbranched alkanes of at least 4 members (excludes halogenated alkanes) is 1. The van der Waals surface area contributed by atoms with Crippen molar-refractivity contribution >= 4 is 0 Å². The summed E-state index contributed by atoms with van der Waals surface area (Å²) < 4.78 is 8.44. The minimum atomic E-state index is -0.305. The zero-order valence-electron chi connectivity index (χ0n) is 20.5. The molecular weight excluding hydrogens is 447 g/mol. The van der Waals surface area contributed by atoms with Crippen LogP contribution >= 0.6 is 0 Å². The van der Waals surface area contributed by atoms with E-state index in [2.05, 4.69) is 107 Å². The van der Waals surface area contributed by atoms with E-state index in [4.69, 9.17) is 4.74 Å². The molecule has 0 aliphatic heterocycles. The Morgan fingerprint density at radius 3 is 2.03 bits per heavy atom. The molecule has 0 fully saturated rings. The number of hydrogen-bond acceptors (Lipinski definition) is 1. The van der Waals surface area contributed by atoms with Crippen LogP contribution in [0.2, 0.25) is 0 Å². The molecule has 2 rings (SSSR count). The molecule has 0 aromatic heterocycles. The van der Waals surface area contributed by atoms with E-state index in [0.29, 0.717) is 0 Å². The van der Waals surface area contributed by atoms with Crippen LogP contribution in [-0.2, 0) is 25.2 Å². The summed E-state index contributed by atoms with van der Waals surface area (Å²) in [6, 6.07) is 0. The quantitative estimate of drug-likeness (QED) is 0.409. The average Bonchev–Trinajstić information content (AvgIpc) is 3.00. The Labute approximate surface area is 210 Å². The van der Waals surface area contributed by atoms with Crippen LogP contribution in [-0.4, -0.2) is 12.2 Å². The van der Waals surface area contributed by atoms with Crippen LogP contribution in [0.4, 0.5) is 0 Å². The Morgan fingerprint density at radius 1 is 1.00 bits per heavy atom. The first-order valence-electron chi connectivity index (χ1n) is 11.0. The molecule has 1 unspecified atom stereocenters. The summed E-state index contributed by atoms with van der Waals surface area (Å²) in [5, 5.41) is 0. The van der Waals surface area contributed by atoms with Crippen LogP contribution in [0.5, 0.6) is 0 Å². The maximum atomic E-state index is 6.96. The van der Waals surface area contributed by atoms with E-state index < -0.39 is 0 Å². The molecule has 0 saturated heterocycles. The molecule has 0 bridgehead atoms. The molecule has 0 amide bonds. The largest absolute Gasteiger partial charge is 1.00 e. The van der Waals surface area contributed by atoms with Gasteiger partial charge in [-0.3, -0.25) is 0 Å². The van der Waals surface area contributed by atoms with Gasteiger partial charge in [-0.1, -0.05) is 0 Å². The zero-order chi connectivity index (χ0) is 21.4. The van der Waals surface area contributed by atoms with Crippen molar-refractivity contribution in [1.82, 2.24) is 0 Å². The molecule has 0 heterocycles. The van der Waals surface area contributed by atoms with Crippen molar-refractivity contribution in [3.8, 4) is 0 Å². The van der Waals surface area contributed by atoms with Gasteiger partial charge in [-0.2, -0.15) is 0 Å². The van der Waals surface area contributed by atoms with Crippen LogP contribution in [0.25, 0.3) is 0 Å². The first-order chi connectivity index (χ1) is 12.8. The van der Waals surface area contributed by atoms with Crippen molar-refractivity contribution in [2.75, 3.05) is 6.61 Å². The van der Waals surface area contributed by atoms with Gasteiger partial charge in [0, 0.05) is 0 Å². The van der Waals surface area contributed by atoms with Gasteiger partial charge < -0.3 is 24.8 Å². The summed E-state index contributed by atoms with van der Waals surface area (Å²) in [6.07, 6.45) is 13.9. The molecule has 2 aliphatic carbocycles. The fraction of sp³-hybridized carbons (Fsp3) is 0.692. The smallest absolute Gasteiger partial charge is 1.00 e. The van der Waals surface area contributed by atoms with Gasteiger partial charge in [0.05, 0.1) is 0 Å². The van der Waals surface area contributed by atoms with Crippen molar-refractivity contribution in [3.63, 3.8) is 0 Å². The molecule has 2 aliphatic rings. The van der Waals surface area contributed by atoms with Gasteiger partial charge in [0.25, 0.3) is 0 Å². The van der Waals surface area contributed by atoms with Gasteiger partial charge in [-0.15, -0.1) is 0 Å². The minimum absolute atomic E-state index is 0. The number of hydrogen-bond donors (Lipinski definition) is 0. The molecule has 4 heteroatoms. The molecule has 0 radical (unpaired) electrons. The predicted octanol–water partition coefficient (Wildman–Crippen LogP) is 1.69. The molecule has 1 nitrogen and oxygen atoms in total. The van der Waals surface area contributed by atoms with Crippen molar-refractivity contribution in [1.29, 1.82) is 0 Å². The fourth-order valence-corrected chi connectivity index (χ4v) is 5.45. The van der Waals surface area contributed by atoms with Gasteiger partial charge in [-0.25, -0.2) is 0 Å². The van der Waals surface area contributed by atoms with Crippen LogP contribution in [0.15, 0.2) is 44.9 Å². The molecule has 30 heavy (non-hydrogen) atoms. The summed E-state index contributed by atoms with van der Waals surface area (Å²) in [7, 11) is 0. The van der Waals surface area contributed by atoms with E-state index in [0.717, 1.165) is 32.3 Å². The Morgan fingerprint density at radius 2 is 1.60 bits per heavy atom. The van der Waals surface area contributed by atoms with E-state index in [1.807, 2.05) is 0 Å². The molecule has 0 spiro atoms. The van der Waals surface area contributed by atoms with Gasteiger partial charge in [0.15, 0.2) is 0 Å². The third-order valence-electron chi connectivity index (χ3n) is 6.48. The molecule has 0 aromatic rings. The van der Waals surface area contributed by atoms with Crippen LogP contribution in [0, 0.1) is 16.2 Å². The van der Waals surface area contributed by atoms with E-state index in [-0.39, 0.29) is 46.7 Å². The topological polar surface area (TPSA) is 9.23 Å². The van der Waals surface area contributed by atoms with Gasteiger partial charge in [0.2, 0.25) is 0 Å². The normalized spacial score (nSPS) is 22.4. The maximum Gasteiger partial charge on any atom is -1.00 e. The van der Waals surface area contributed by atoms with E-state index in [1.165, 1.54) is 20.6 Å². The first kappa shape index (κ1) is 30.2. The standard InChI is InChI=1S/C26H41O.2ClH.Ti/c1-10-11-18-27-26(25(8,9)20-14-12-13-15-20)17-16-21(23(2,3)4)19-22(26)24(5,6)7;;;/h12,14,16,19H,10-11,13,17-18H2,1-9H3;2*1H;/q;;;+2/p-2. The second-order valence-electron chi connectivity index (χ2n) is 11.1. The van der Waals surface area contributed by atoms with Gasteiger partial charge in [0.1, 0.15) is 0 Å². The number of ether oxygens (including phenoxy) is 1. The summed E-state index contributed by atoms with van der Waals surface area (Å²) in [4.78, 5) is 0. The number of halogens is 2. The molecule has 0 saturated carbocycles. The monoisotopic (exact) mass is 487 g/mol. The summed E-state index contributed by atoms with van der Waals surface area (Å²) >= 11 is 2.29. The SMILES string of the molecule is CCCCOC1(C(C)(C)C2=[C]([Ti+2])CC=C2)CC=C(C(C)(C)C)C=C1C(C)(C)C.[Cl-].[Cl-]. The van der Waals surface area contributed by atoms with Crippen LogP contribution in [0.1, 0.15) is 88.0 Å². The molecule has 169 valence electrons.